The number of hydrogen-bond donors (Lipinski definition) is 1. The molecule has 0 amide bonds. The van der Waals surface area contributed by atoms with E-state index < -0.39 is 35.5 Å². The second-order valence-corrected chi connectivity index (χ2v) is 6.83. The van der Waals surface area contributed by atoms with Crippen molar-refractivity contribution < 1.29 is 45.8 Å². The Morgan fingerprint density at radius 1 is 0.636 bits per heavy atom. The van der Waals surface area contributed by atoms with Gasteiger partial charge < -0.3 is 9.84 Å². The molecule has 0 aliphatic heterocycles. The molecule has 3 aromatic carbocycles. The Morgan fingerprint density at radius 2 is 1.06 bits per heavy atom. The molecule has 0 heterocycles. The van der Waals surface area contributed by atoms with E-state index in [0.29, 0.717) is 11.1 Å². The van der Waals surface area contributed by atoms with Crippen molar-refractivity contribution in [2.45, 2.75) is 17.8 Å². The quantitative estimate of drug-likeness (QED) is 0.266. The fraction of sp³-hybridized carbons (Fsp3) is 0.130. The van der Waals surface area contributed by atoms with Crippen LogP contribution in [-0.4, -0.2) is 34.8 Å². The molecule has 0 unspecified atom stereocenters. The third-order valence-electron chi connectivity index (χ3n) is 4.69. The van der Waals surface area contributed by atoms with Crippen molar-refractivity contribution in [3.8, 4) is 28.0 Å². The van der Waals surface area contributed by atoms with Gasteiger partial charge in [-0.3, -0.25) is 0 Å². The number of hydrogen-bond acceptors (Lipinski definition) is 3. The van der Waals surface area contributed by atoms with Gasteiger partial charge in [-0.15, -0.1) is 0 Å². The van der Waals surface area contributed by atoms with Crippen LogP contribution in [0, 0.1) is 0 Å². The predicted octanol–water partition coefficient (Wildman–Crippen LogP) is 5.92. The zero-order chi connectivity index (χ0) is 24.4. The van der Waals surface area contributed by atoms with Crippen LogP contribution in [0.3, 0.4) is 0 Å². The first-order valence-corrected chi connectivity index (χ1v) is 9.24. The molecule has 0 saturated carbocycles. The maximum absolute atomic E-state index is 14.2. The van der Waals surface area contributed by atoms with Gasteiger partial charge in [-0.05, 0) is 11.1 Å². The maximum atomic E-state index is 14.2. The van der Waals surface area contributed by atoms with Crippen molar-refractivity contribution in [2.75, 3.05) is 0 Å². The van der Waals surface area contributed by atoms with Crippen molar-refractivity contribution in [3.63, 3.8) is 0 Å². The van der Waals surface area contributed by atoms with Gasteiger partial charge in [-0.2, -0.15) is 26.3 Å². The molecule has 0 atom stereocenters. The number of carbonyl (C=O) groups is 2. The van der Waals surface area contributed by atoms with E-state index in [1.165, 1.54) is 42.5 Å². The van der Waals surface area contributed by atoms with E-state index in [-0.39, 0.29) is 11.1 Å². The number of ether oxygens (including phenoxy) is 1. The molecule has 4 nitrogen and oxygen atoms in total. The SMILES string of the molecule is O=C(O)C(F)(F)C(F)(F)C(F)(F)C(=O)Oc1c(-c2ccccc2)cccc1-c1ccccc1. The Morgan fingerprint density at radius 3 is 1.45 bits per heavy atom. The Balaban J connectivity index is 2.14. The molecule has 33 heavy (non-hydrogen) atoms. The minimum Gasteiger partial charge on any atom is -0.477 e. The summed E-state index contributed by atoms with van der Waals surface area (Å²) in [5, 5.41) is 8.28. The van der Waals surface area contributed by atoms with Gasteiger partial charge in [-0.1, -0.05) is 78.9 Å². The zero-order valence-electron chi connectivity index (χ0n) is 16.4. The third-order valence-corrected chi connectivity index (χ3v) is 4.69. The minimum atomic E-state index is -6.57. The molecule has 3 aromatic rings. The highest BCUT2D eigenvalue weighted by Gasteiger charge is 2.79. The number of rotatable bonds is 7. The van der Waals surface area contributed by atoms with Crippen LogP contribution < -0.4 is 4.74 Å². The summed E-state index contributed by atoms with van der Waals surface area (Å²) in [4.78, 5) is 22.6. The molecular formula is C23H14F6O4. The van der Waals surface area contributed by atoms with Gasteiger partial charge in [-0.25, -0.2) is 9.59 Å². The number of alkyl halides is 6. The molecular weight excluding hydrogens is 454 g/mol. The van der Waals surface area contributed by atoms with Gasteiger partial charge in [0.1, 0.15) is 5.75 Å². The number of carbonyl (C=O) groups excluding carboxylic acids is 1. The lowest BCUT2D eigenvalue weighted by Gasteiger charge is -2.29. The van der Waals surface area contributed by atoms with E-state index in [9.17, 15) is 35.9 Å². The van der Waals surface area contributed by atoms with Gasteiger partial charge in [0.25, 0.3) is 0 Å². The highest BCUT2D eigenvalue weighted by atomic mass is 19.3. The maximum Gasteiger partial charge on any atom is 0.411 e. The van der Waals surface area contributed by atoms with E-state index in [1.807, 2.05) is 0 Å². The van der Waals surface area contributed by atoms with Crippen LogP contribution in [-0.2, 0) is 9.59 Å². The lowest BCUT2D eigenvalue weighted by molar-refractivity contribution is -0.297. The van der Waals surface area contributed by atoms with E-state index in [0.717, 1.165) is 0 Å². The molecule has 172 valence electrons. The summed E-state index contributed by atoms with van der Waals surface area (Å²) in [5.41, 5.74) is 0.775. The average Bonchev–Trinajstić information content (AvgIpc) is 2.79. The smallest absolute Gasteiger partial charge is 0.411 e. The number of benzene rings is 3. The highest BCUT2D eigenvalue weighted by molar-refractivity contribution is 5.90. The monoisotopic (exact) mass is 468 g/mol. The highest BCUT2D eigenvalue weighted by Crippen LogP contribution is 2.47. The standard InChI is InChI=1S/C23H14F6O4/c24-21(25,19(30)31)23(28,29)22(26,27)20(32)33-18-16(14-8-3-1-4-9-14)12-7-13-17(18)15-10-5-2-6-11-15/h1-13H,(H,30,31). The lowest BCUT2D eigenvalue weighted by atomic mass is 9.97. The van der Waals surface area contributed by atoms with Crippen molar-refractivity contribution in [3.05, 3.63) is 78.9 Å². The molecule has 0 bridgehead atoms. The van der Waals surface area contributed by atoms with Crippen molar-refractivity contribution >= 4 is 11.9 Å². The summed E-state index contributed by atoms with van der Waals surface area (Å²) >= 11 is 0. The molecule has 0 fully saturated rings. The predicted molar refractivity (Wildman–Crippen MR) is 105 cm³/mol. The number of para-hydroxylation sites is 1. The summed E-state index contributed by atoms with van der Waals surface area (Å²) in [6.07, 6.45) is 0. The van der Waals surface area contributed by atoms with Crippen LogP contribution in [0.4, 0.5) is 26.3 Å². The fourth-order valence-corrected chi connectivity index (χ4v) is 2.95. The first-order valence-electron chi connectivity index (χ1n) is 9.24. The van der Waals surface area contributed by atoms with E-state index in [1.54, 1.807) is 36.4 Å². The van der Waals surface area contributed by atoms with Crippen LogP contribution in [0.25, 0.3) is 22.3 Å². The Bertz CT molecular complexity index is 1110. The minimum absolute atomic E-state index is 0.0365. The number of carboxylic acids is 1. The van der Waals surface area contributed by atoms with Crippen molar-refractivity contribution in [2.24, 2.45) is 0 Å². The van der Waals surface area contributed by atoms with Gasteiger partial charge in [0.15, 0.2) is 0 Å². The van der Waals surface area contributed by atoms with Crippen LogP contribution in [0.5, 0.6) is 5.75 Å². The Kier molecular flexibility index (Phi) is 6.22. The Hall–Kier alpha value is -3.82. The van der Waals surface area contributed by atoms with Gasteiger partial charge in [0.2, 0.25) is 0 Å². The molecule has 0 aliphatic carbocycles. The zero-order valence-corrected chi connectivity index (χ0v) is 16.4. The summed E-state index contributed by atoms with van der Waals surface area (Å²) in [6.45, 7) is 0. The molecule has 0 saturated heterocycles. The number of halogens is 6. The molecule has 10 heteroatoms. The molecule has 3 rings (SSSR count). The summed E-state index contributed by atoms with van der Waals surface area (Å²) in [6, 6.07) is 19.9. The molecule has 0 aromatic heterocycles. The first-order chi connectivity index (χ1) is 15.4. The first kappa shape index (κ1) is 23.8. The van der Waals surface area contributed by atoms with E-state index in [2.05, 4.69) is 4.74 Å². The number of aliphatic carboxylic acids is 1. The lowest BCUT2D eigenvalue weighted by Crippen LogP contribution is -2.61. The molecule has 0 spiro atoms. The summed E-state index contributed by atoms with van der Waals surface area (Å²) in [5.74, 6) is -26.1. The normalized spacial score (nSPS) is 12.3. The summed E-state index contributed by atoms with van der Waals surface area (Å²) < 4.78 is 87.5. The second-order valence-electron chi connectivity index (χ2n) is 6.83. The fourth-order valence-electron chi connectivity index (χ4n) is 2.95. The van der Waals surface area contributed by atoms with E-state index in [4.69, 9.17) is 5.11 Å². The van der Waals surface area contributed by atoms with Crippen LogP contribution in [0.15, 0.2) is 78.9 Å². The number of carboxylic acid groups (broad SMARTS) is 1. The molecule has 1 N–H and O–H groups in total. The van der Waals surface area contributed by atoms with Crippen LogP contribution in [0.2, 0.25) is 0 Å². The molecule has 0 radical (unpaired) electrons. The second kappa shape index (κ2) is 8.61. The number of esters is 1. The van der Waals surface area contributed by atoms with E-state index >= 15 is 0 Å². The third kappa shape index (κ3) is 4.15. The Labute approximate surface area is 183 Å². The van der Waals surface area contributed by atoms with Crippen molar-refractivity contribution in [1.29, 1.82) is 0 Å². The average molecular weight is 468 g/mol. The molecule has 0 aliphatic rings. The topological polar surface area (TPSA) is 63.6 Å². The van der Waals surface area contributed by atoms with Crippen molar-refractivity contribution in [1.82, 2.24) is 0 Å². The summed E-state index contributed by atoms with van der Waals surface area (Å²) in [7, 11) is 0. The van der Waals surface area contributed by atoms with Crippen LogP contribution in [0.1, 0.15) is 0 Å². The largest absolute Gasteiger partial charge is 0.477 e. The van der Waals surface area contributed by atoms with Crippen LogP contribution >= 0.6 is 0 Å². The van der Waals surface area contributed by atoms with Gasteiger partial charge in [0.05, 0.1) is 0 Å². The van der Waals surface area contributed by atoms with Gasteiger partial charge in [0, 0.05) is 11.1 Å². The van der Waals surface area contributed by atoms with Gasteiger partial charge >= 0.3 is 29.7 Å².